The molecule has 0 radical (unpaired) electrons. The van der Waals surface area contributed by atoms with Crippen molar-refractivity contribution in [3.8, 4) is 0 Å². The molecule has 19 heavy (non-hydrogen) atoms. The molecule has 1 atom stereocenters. The van der Waals surface area contributed by atoms with E-state index in [1.807, 2.05) is 5.48 Å². The fourth-order valence-electron chi connectivity index (χ4n) is 2.25. The molecule has 0 rings (SSSR count). The standard InChI is InChI=1S/C16H33NO2/c1-3-4-5-6-7-8-9-10-11-12-13-14-16(18)15(2)17-19/h15,17,19H,3-14H2,1-2H3. The van der Waals surface area contributed by atoms with Gasteiger partial charge in [-0.05, 0) is 13.3 Å². The zero-order valence-corrected chi connectivity index (χ0v) is 12.9. The molecule has 0 bridgehead atoms. The van der Waals surface area contributed by atoms with Crippen LogP contribution in [0, 0.1) is 0 Å². The van der Waals surface area contributed by atoms with E-state index >= 15 is 0 Å². The molecule has 0 saturated heterocycles. The maximum atomic E-state index is 11.4. The lowest BCUT2D eigenvalue weighted by Crippen LogP contribution is -2.30. The summed E-state index contributed by atoms with van der Waals surface area (Å²) in [6.45, 7) is 3.95. The topological polar surface area (TPSA) is 49.3 Å². The Bertz CT molecular complexity index is 207. The molecule has 1 unspecified atom stereocenters. The van der Waals surface area contributed by atoms with Crippen LogP contribution in [0.15, 0.2) is 0 Å². The summed E-state index contributed by atoms with van der Waals surface area (Å²) >= 11 is 0. The first kappa shape index (κ1) is 18.6. The van der Waals surface area contributed by atoms with E-state index in [4.69, 9.17) is 5.21 Å². The highest BCUT2D eigenvalue weighted by Crippen LogP contribution is 2.12. The molecular weight excluding hydrogens is 238 g/mol. The van der Waals surface area contributed by atoms with Gasteiger partial charge in [0.15, 0.2) is 5.78 Å². The van der Waals surface area contributed by atoms with Crippen LogP contribution in [0.25, 0.3) is 0 Å². The van der Waals surface area contributed by atoms with Gasteiger partial charge >= 0.3 is 0 Å². The molecule has 3 heteroatoms. The fraction of sp³-hybridized carbons (Fsp3) is 0.938. The number of ketones is 1. The summed E-state index contributed by atoms with van der Waals surface area (Å²) in [5.41, 5.74) is 2.00. The Kier molecular flexibility index (Phi) is 13.7. The van der Waals surface area contributed by atoms with Crippen LogP contribution in [0.4, 0.5) is 0 Å². The van der Waals surface area contributed by atoms with E-state index in [1.165, 1.54) is 57.8 Å². The van der Waals surface area contributed by atoms with E-state index in [0.717, 1.165) is 12.8 Å². The van der Waals surface area contributed by atoms with Crippen LogP contribution in [-0.4, -0.2) is 17.0 Å². The Morgan fingerprint density at radius 3 is 1.74 bits per heavy atom. The smallest absolute Gasteiger partial charge is 0.151 e. The van der Waals surface area contributed by atoms with Crippen molar-refractivity contribution in [2.24, 2.45) is 0 Å². The van der Waals surface area contributed by atoms with E-state index < -0.39 is 6.04 Å². The average molecular weight is 271 g/mol. The SMILES string of the molecule is CCCCCCCCCCCCCC(=O)C(C)NO. The number of Topliss-reactive ketones (excluding diaryl/α,β-unsaturated/α-hetero) is 1. The third kappa shape index (κ3) is 12.4. The molecule has 0 saturated carbocycles. The molecule has 0 aliphatic heterocycles. The van der Waals surface area contributed by atoms with E-state index in [9.17, 15) is 4.79 Å². The minimum absolute atomic E-state index is 0.110. The first-order valence-electron chi connectivity index (χ1n) is 8.14. The number of hydroxylamine groups is 1. The third-order valence-corrected chi connectivity index (χ3v) is 3.70. The first-order chi connectivity index (χ1) is 9.22. The first-order valence-corrected chi connectivity index (χ1v) is 8.14. The molecule has 0 aliphatic rings. The van der Waals surface area contributed by atoms with Crippen LogP contribution in [0.2, 0.25) is 0 Å². The highest BCUT2D eigenvalue weighted by atomic mass is 16.5. The van der Waals surface area contributed by atoms with Gasteiger partial charge in [0, 0.05) is 6.42 Å². The Labute approximate surface area is 119 Å². The molecule has 0 fully saturated rings. The fourth-order valence-corrected chi connectivity index (χ4v) is 2.25. The molecule has 0 aliphatic carbocycles. The Balaban J connectivity index is 3.13. The van der Waals surface area contributed by atoms with Crippen molar-refractivity contribution in [1.82, 2.24) is 5.48 Å². The molecule has 0 amide bonds. The van der Waals surface area contributed by atoms with E-state index in [1.54, 1.807) is 6.92 Å². The molecule has 2 N–H and O–H groups in total. The second-order valence-corrected chi connectivity index (χ2v) is 5.60. The van der Waals surface area contributed by atoms with Crippen molar-refractivity contribution in [2.75, 3.05) is 0 Å². The summed E-state index contributed by atoms with van der Waals surface area (Å²) in [6.07, 6.45) is 14.8. The third-order valence-electron chi connectivity index (χ3n) is 3.70. The minimum atomic E-state index is -0.414. The Morgan fingerprint density at radius 2 is 1.32 bits per heavy atom. The van der Waals surface area contributed by atoms with Gasteiger partial charge < -0.3 is 5.21 Å². The van der Waals surface area contributed by atoms with Crippen molar-refractivity contribution >= 4 is 5.78 Å². The zero-order chi connectivity index (χ0) is 14.3. The summed E-state index contributed by atoms with van der Waals surface area (Å²) < 4.78 is 0. The van der Waals surface area contributed by atoms with Crippen LogP contribution in [0.3, 0.4) is 0 Å². The van der Waals surface area contributed by atoms with Gasteiger partial charge in [-0.25, -0.2) is 0 Å². The number of hydrogen-bond acceptors (Lipinski definition) is 3. The van der Waals surface area contributed by atoms with Crippen molar-refractivity contribution in [2.45, 2.75) is 96.9 Å². The predicted octanol–water partition coefficient (Wildman–Crippen LogP) is 4.62. The van der Waals surface area contributed by atoms with Gasteiger partial charge in [0.2, 0.25) is 0 Å². The molecule has 3 nitrogen and oxygen atoms in total. The van der Waals surface area contributed by atoms with E-state index in [0.29, 0.717) is 6.42 Å². The van der Waals surface area contributed by atoms with Gasteiger partial charge in [0.1, 0.15) is 0 Å². The van der Waals surface area contributed by atoms with Crippen LogP contribution < -0.4 is 5.48 Å². The highest BCUT2D eigenvalue weighted by molar-refractivity contribution is 5.83. The van der Waals surface area contributed by atoms with Crippen LogP contribution in [-0.2, 0) is 4.79 Å². The van der Waals surface area contributed by atoms with Crippen molar-refractivity contribution in [3.05, 3.63) is 0 Å². The van der Waals surface area contributed by atoms with Crippen LogP contribution >= 0.6 is 0 Å². The normalized spacial score (nSPS) is 12.6. The summed E-state index contributed by atoms with van der Waals surface area (Å²) in [5, 5.41) is 8.61. The minimum Gasteiger partial charge on any atom is -0.316 e. The van der Waals surface area contributed by atoms with Gasteiger partial charge in [-0.2, -0.15) is 5.48 Å². The summed E-state index contributed by atoms with van der Waals surface area (Å²) in [6, 6.07) is -0.414. The molecule has 114 valence electrons. The lowest BCUT2D eigenvalue weighted by atomic mass is 10.0. The molecule has 0 aromatic heterocycles. The maximum absolute atomic E-state index is 11.4. The lowest BCUT2D eigenvalue weighted by molar-refractivity contribution is -0.123. The number of carbonyl (C=O) groups excluding carboxylic acids is 1. The Morgan fingerprint density at radius 1 is 0.895 bits per heavy atom. The summed E-state index contributed by atoms with van der Waals surface area (Å²) in [4.78, 5) is 11.4. The van der Waals surface area contributed by atoms with Gasteiger partial charge in [-0.3, -0.25) is 4.79 Å². The van der Waals surface area contributed by atoms with Gasteiger partial charge in [0.05, 0.1) is 6.04 Å². The second kappa shape index (κ2) is 14.0. The van der Waals surface area contributed by atoms with Gasteiger partial charge in [0.25, 0.3) is 0 Å². The Hall–Kier alpha value is -0.410. The van der Waals surface area contributed by atoms with Crippen LogP contribution in [0.5, 0.6) is 0 Å². The monoisotopic (exact) mass is 271 g/mol. The van der Waals surface area contributed by atoms with E-state index in [2.05, 4.69) is 6.92 Å². The number of carbonyl (C=O) groups is 1. The second-order valence-electron chi connectivity index (χ2n) is 5.60. The van der Waals surface area contributed by atoms with Crippen molar-refractivity contribution in [1.29, 1.82) is 0 Å². The lowest BCUT2D eigenvalue weighted by Gasteiger charge is -2.07. The number of unbranched alkanes of at least 4 members (excludes halogenated alkanes) is 10. The highest BCUT2D eigenvalue weighted by Gasteiger charge is 2.09. The number of rotatable bonds is 14. The van der Waals surface area contributed by atoms with Crippen LogP contribution in [0.1, 0.15) is 90.9 Å². The van der Waals surface area contributed by atoms with E-state index in [-0.39, 0.29) is 5.78 Å². The number of nitrogens with one attached hydrogen (secondary N) is 1. The molecule has 0 spiro atoms. The number of hydrogen-bond donors (Lipinski definition) is 2. The summed E-state index contributed by atoms with van der Waals surface area (Å²) in [7, 11) is 0. The molecular formula is C16H33NO2. The summed E-state index contributed by atoms with van der Waals surface area (Å²) in [5.74, 6) is 0.110. The van der Waals surface area contributed by atoms with Gasteiger partial charge in [-0.1, -0.05) is 71.1 Å². The zero-order valence-electron chi connectivity index (χ0n) is 12.9. The predicted molar refractivity (Wildman–Crippen MR) is 80.5 cm³/mol. The quantitative estimate of drug-likeness (QED) is 0.358. The van der Waals surface area contributed by atoms with Crippen molar-refractivity contribution in [3.63, 3.8) is 0 Å². The maximum Gasteiger partial charge on any atom is 0.151 e. The van der Waals surface area contributed by atoms with Gasteiger partial charge in [-0.15, -0.1) is 0 Å². The molecule has 0 aromatic carbocycles. The largest absolute Gasteiger partial charge is 0.316 e. The van der Waals surface area contributed by atoms with Crippen molar-refractivity contribution < 1.29 is 10.0 Å². The molecule has 0 aromatic rings. The average Bonchev–Trinajstić information content (AvgIpc) is 2.43. The molecule has 0 heterocycles.